The highest BCUT2D eigenvalue weighted by molar-refractivity contribution is 7.19. The summed E-state index contributed by atoms with van der Waals surface area (Å²) in [6.07, 6.45) is 4.72. The van der Waals surface area contributed by atoms with Crippen molar-refractivity contribution >= 4 is 34.7 Å². The van der Waals surface area contributed by atoms with Crippen molar-refractivity contribution in [1.29, 1.82) is 0 Å². The molecular formula is C16H19ClN4OS. The van der Waals surface area contributed by atoms with Crippen LogP contribution in [0.2, 0.25) is 4.34 Å². The van der Waals surface area contributed by atoms with Gasteiger partial charge >= 0.3 is 6.03 Å². The molecule has 0 radical (unpaired) electrons. The van der Waals surface area contributed by atoms with Gasteiger partial charge in [-0.2, -0.15) is 0 Å². The Morgan fingerprint density at radius 3 is 2.91 bits per heavy atom. The number of urea groups is 1. The van der Waals surface area contributed by atoms with Gasteiger partial charge in [0.25, 0.3) is 0 Å². The molecule has 1 aliphatic rings. The van der Waals surface area contributed by atoms with E-state index >= 15 is 0 Å². The number of carbonyl (C=O) groups is 1. The number of hydrogen-bond donors (Lipinski definition) is 3. The fourth-order valence-corrected chi connectivity index (χ4v) is 3.60. The minimum atomic E-state index is -0.175. The van der Waals surface area contributed by atoms with Gasteiger partial charge < -0.3 is 16.0 Å². The molecule has 5 nitrogen and oxygen atoms in total. The third-order valence-corrected chi connectivity index (χ3v) is 5.01. The van der Waals surface area contributed by atoms with Crippen LogP contribution in [-0.2, 0) is 0 Å². The fourth-order valence-electron chi connectivity index (χ4n) is 2.58. The first-order chi connectivity index (χ1) is 11.2. The van der Waals surface area contributed by atoms with Gasteiger partial charge in [0.1, 0.15) is 0 Å². The Kier molecular flexibility index (Phi) is 5.48. The standard InChI is InChI=1S/C16H19ClN4OS/c17-15-6-5-14(23-15)13-4-3-12(10-19-13)21-16(22)20-11-2-1-8-18-9-7-11/h3-6,10-11,18H,1-2,7-9H2,(H2,20,21,22). The topological polar surface area (TPSA) is 66.0 Å². The molecule has 2 aromatic heterocycles. The zero-order valence-electron chi connectivity index (χ0n) is 12.6. The van der Waals surface area contributed by atoms with Gasteiger partial charge in [-0.05, 0) is 56.6 Å². The molecule has 3 heterocycles. The molecule has 1 unspecified atom stereocenters. The number of nitrogens with one attached hydrogen (secondary N) is 3. The number of thiophene rings is 1. The molecule has 2 aromatic rings. The second kappa shape index (κ2) is 7.77. The number of rotatable bonds is 3. The molecule has 23 heavy (non-hydrogen) atoms. The summed E-state index contributed by atoms with van der Waals surface area (Å²) in [4.78, 5) is 17.5. The van der Waals surface area contributed by atoms with Crippen LogP contribution in [-0.4, -0.2) is 30.1 Å². The highest BCUT2D eigenvalue weighted by Crippen LogP contribution is 2.29. The molecule has 0 aliphatic carbocycles. The number of carbonyl (C=O) groups excluding carboxylic acids is 1. The summed E-state index contributed by atoms with van der Waals surface area (Å²) in [6.45, 7) is 1.97. The van der Waals surface area contributed by atoms with Crippen LogP contribution in [0, 0.1) is 0 Å². The van der Waals surface area contributed by atoms with Crippen LogP contribution in [0.4, 0.5) is 10.5 Å². The molecule has 1 atom stereocenters. The van der Waals surface area contributed by atoms with Crippen molar-refractivity contribution in [2.45, 2.75) is 25.3 Å². The molecule has 2 amide bonds. The summed E-state index contributed by atoms with van der Waals surface area (Å²) in [5, 5.41) is 9.20. The molecule has 0 spiro atoms. The second-order valence-electron chi connectivity index (χ2n) is 5.51. The number of hydrogen-bond acceptors (Lipinski definition) is 4. The van der Waals surface area contributed by atoms with E-state index < -0.39 is 0 Å². The Bertz CT molecular complexity index is 650. The van der Waals surface area contributed by atoms with Gasteiger partial charge in [-0.25, -0.2) is 4.79 Å². The maximum Gasteiger partial charge on any atom is 0.319 e. The Labute approximate surface area is 144 Å². The Morgan fingerprint density at radius 1 is 1.26 bits per heavy atom. The van der Waals surface area contributed by atoms with E-state index in [1.54, 1.807) is 6.20 Å². The summed E-state index contributed by atoms with van der Waals surface area (Å²) in [5.41, 5.74) is 1.53. The van der Waals surface area contributed by atoms with E-state index in [4.69, 9.17) is 11.6 Å². The van der Waals surface area contributed by atoms with Crippen LogP contribution in [0.15, 0.2) is 30.5 Å². The molecule has 0 bridgehead atoms. The second-order valence-corrected chi connectivity index (χ2v) is 7.23. The quantitative estimate of drug-likeness (QED) is 0.790. The summed E-state index contributed by atoms with van der Waals surface area (Å²) >= 11 is 7.42. The highest BCUT2D eigenvalue weighted by atomic mass is 35.5. The molecule has 1 aliphatic heterocycles. The predicted octanol–water partition coefficient (Wildman–Crippen LogP) is 3.73. The van der Waals surface area contributed by atoms with Gasteiger partial charge in [0.15, 0.2) is 0 Å². The maximum atomic E-state index is 12.1. The smallest absolute Gasteiger partial charge is 0.319 e. The molecule has 0 saturated carbocycles. The van der Waals surface area contributed by atoms with Crippen molar-refractivity contribution in [3.05, 3.63) is 34.8 Å². The van der Waals surface area contributed by atoms with Crippen LogP contribution < -0.4 is 16.0 Å². The van der Waals surface area contributed by atoms with Crippen molar-refractivity contribution in [3.63, 3.8) is 0 Å². The van der Waals surface area contributed by atoms with E-state index in [1.165, 1.54) is 11.3 Å². The number of anilines is 1. The van der Waals surface area contributed by atoms with Gasteiger partial charge in [0.2, 0.25) is 0 Å². The first kappa shape index (κ1) is 16.2. The lowest BCUT2D eigenvalue weighted by molar-refractivity contribution is 0.247. The van der Waals surface area contributed by atoms with E-state index in [9.17, 15) is 4.79 Å². The maximum absolute atomic E-state index is 12.1. The van der Waals surface area contributed by atoms with Gasteiger partial charge in [-0.1, -0.05) is 11.6 Å². The van der Waals surface area contributed by atoms with Crippen LogP contribution in [0.1, 0.15) is 19.3 Å². The van der Waals surface area contributed by atoms with Crippen LogP contribution in [0.25, 0.3) is 10.6 Å². The van der Waals surface area contributed by atoms with Gasteiger partial charge in [0, 0.05) is 6.04 Å². The van der Waals surface area contributed by atoms with E-state index in [1.807, 2.05) is 24.3 Å². The lowest BCUT2D eigenvalue weighted by Crippen LogP contribution is -2.38. The molecule has 7 heteroatoms. The average Bonchev–Trinajstić information content (AvgIpc) is 2.81. The summed E-state index contributed by atoms with van der Waals surface area (Å²) < 4.78 is 0.737. The van der Waals surface area contributed by atoms with E-state index in [0.717, 1.165) is 47.3 Å². The third-order valence-electron chi connectivity index (χ3n) is 3.76. The zero-order chi connectivity index (χ0) is 16.1. The van der Waals surface area contributed by atoms with Gasteiger partial charge in [0.05, 0.1) is 26.8 Å². The third kappa shape index (κ3) is 4.67. The fraction of sp³-hybridized carbons (Fsp3) is 0.375. The number of pyridine rings is 1. The van der Waals surface area contributed by atoms with E-state index in [-0.39, 0.29) is 12.1 Å². The SMILES string of the molecule is O=C(Nc1ccc(-c2ccc(Cl)s2)nc1)NC1CCCNCC1. The minimum Gasteiger partial charge on any atom is -0.335 e. The van der Waals surface area contributed by atoms with E-state index in [2.05, 4.69) is 20.9 Å². The molecule has 3 rings (SSSR count). The number of halogens is 1. The summed E-state index contributed by atoms with van der Waals surface area (Å²) in [7, 11) is 0. The highest BCUT2D eigenvalue weighted by Gasteiger charge is 2.14. The Morgan fingerprint density at radius 2 is 2.17 bits per heavy atom. The Hall–Kier alpha value is -1.63. The largest absolute Gasteiger partial charge is 0.335 e. The first-order valence-corrected chi connectivity index (χ1v) is 8.90. The Balaban J connectivity index is 1.56. The van der Waals surface area contributed by atoms with Gasteiger partial charge in [-0.3, -0.25) is 4.98 Å². The zero-order valence-corrected chi connectivity index (χ0v) is 14.2. The lowest BCUT2D eigenvalue weighted by Gasteiger charge is -2.16. The number of aromatic nitrogens is 1. The van der Waals surface area contributed by atoms with Crippen LogP contribution in [0.3, 0.4) is 0 Å². The molecule has 1 fully saturated rings. The lowest BCUT2D eigenvalue weighted by atomic mass is 10.1. The molecule has 0 aromatic carbocycles. The predicted molar refractivity (Wildman–Crippen MR) is 95.2 cm³/mol. The molecular weight excluding hydrogens is 332 g/mol. The minimum absolute atomic E-state index is 0.175. The van der Waals surface area contributed by atoms with Crippen LogP contribution >= 0.6 is 22.9 Å². The molecule has 1 saturated heterocycles. The van der Waals surface area contributed by atoms with Crippen LogP contribution in [0.5, 0.6) is 0 Å². The van der Waals surface area contributed by atoms with Gasteiger partial charge in [-0.15, -0.1) is 11.3 Å². The van der Waals surface area contributed by atoms with Crippen molar-refractivity contribution in [2.75, 3.05) is 18.4 Å². The summed E-state index contributed by atoms with van der Waals surface area (Å²) in [6, 6.07) is 7.58. The number of amides is 2. The summed E-state index contributed by atoms with van der Waals surface area (Å²) in [5.74, 6) is 0. The van der Waals surface area contributed by atoms with Crippen molar-refractivity contribution < 1.29 is 4.79 Å². The first-order valence-electron chi connectivity index (χ1n) is 7.71. The molecule has 122 valence electrons. The normalized spacial score (nSPS) is 18.2. The number of nitrogens with zero attached hydrogens (tertiary/aromatic N) is 1. The van der Waals surface area contributed by atoms with Crippen molar-refractivity contribution in [3.8, 4) is 10.6 Å². The van der Waals surface area contributed by atoms with Crippen molar-refractivity contribution in [1.82, 2.24) is 15.6 Å². The van der Waals surface area contributed by atoms with E-state index in [0.29, 0.717) is 5.69 Å². The van der Waals surface area contributed by atoms with Crippen molar-refractivity contribution in [2.24, 2.45) is 0 Å². The molecule has 3 N–H and O–H groups in total. The average molecular weight is 351 g/mol. The monoisotopic (exact) mass is 350 g/mol.